The summed E-state index contributed by atoms with van der Waals surface area (Å²) in [5, 5.41) is 5.22. The van der Waals surface area contributed by atoms with Crippen LogP contribution in [0.5, 0.6) is 0 Å². The smallest absolute Gasteiger partial charge is 0.323 e. The zero-order valence-corrected chi connectivity index (χ0v) is 14.2. The van der Waals surface area contributed by atoms with Gasteiger partial charge in [-0.1, -0.05) is 6.07 Å². The van der Waals surface area contributed by atoms with Crippen molar-refractivity contribution in [3.63, 3.8) is 0 Å². The molecule has 0 spiro atoms. The maximum Gasteiger partial charge on any atom is 0.323 e. The van der Waals surface area contributed by atoms with Crippen molar-refractivity contribution in [3.05, 3.63) is 53.0 Å². The Bertz CT molecular complexity index is 874. The van der Waals surface area contributed by atoms with Gasteiger partial charge < -0.3 is 10.2 Å². The third-order valence-electron chi connectivity index (χ3n) is 4.16. The molecule has 3 amide bonds. The van der Waals surface area contributed by atoms with Crippen LogP contribution in [0.15, 0.2) is 24.5 Å². The van der Waals surface area contributed by atoms with Crippen molar-refractivity contribution in [2.45, 2.75) is 26.4 Å². The minimum absolute atomic E-state index is 0.164. The van der Waals surface area contributed by atoms with Crippen LogP contribution in [0, 0.1) is 18.6 Å². The van der Waals surface area contributed by atoms with Gasteiger partial charge in [0.25, 0.3) is 0 Å². The molecule has 2 N–H and O–H groups in total. The van der Waals surface area contributed by atoms with Gasteiger partial charge >= 0.3 is 6.03 Å². The van der Waals surface area contributed by atoms with E-state index in [2.05, 4.69) is 20.6 Å². The Kier molecular flexibility index (Phi) is 4.79. The Morgan fingerprint density at radius 1 is 1.38 bits per heavy atom. The molecule has 136 valence electrons. The number of hydrogen-bond donors (Lipinski definition) is 2. The van der Waals surface area contributed by atoms with Crippen LogP contribution in [0.4, 0.5) is 19.4 Å². The van der Waals surface area contributed by atoms with Crippen molar-refractivity contribution in [2.75, 3.05) is 11.9 Å². The summed E-state index contributed by atoms with van der Waals surface area (Å²) in [6, 6.07) is 2.04. The van der Waals surface area contributed by atoms with Crippen LogP contribution in [-0.4, -0.2) is 33.4 Å². The van der Waals surface area contributed by atoms with Crippen LogP contribution in [0.1, 0.15) is 29.8 Å². The van der Waals surface area contributed by atoms with Crippen molar-refractivity contribution < 1.29 is 18.4 Å². The Balaban J connectivity index is 1.66. The fourth-order valence-corrected chi connectivity index (χ4v) is 2.76. The maximum absolute atomic E-state index is 13.8. The van der Waals surface area contributed by atoms with Gasteiger partial charge in [-0.25, -0.2) is 23.5 Å². The summed E-state index contributed by atoms with van der Waals surface area (Å²) in [6.07, 6.45) is 1.36. The molecule has 9 heteroatoms. The first-order valence-corrected chi connectivity index (χ1v) is 7.96. The van der Waals surface area contributed by atoms with E-state index in [1.165, 1.54) is 17.3 Å². The molecule has 2 heterocycles. The highest BCUT2D eigenvalue weighted by atomic mass is 19.1. The minimum Gasteiger partial charge on any atom is -0.348 e. The molecule has 1 aliphatic heterocycles. The second-order valence-electron chi connectivity index (χ2n) is 6.03. The summed E-state index contributed by atoms with van der Waals surface area (Å²) < 4.78 is 26.8. The number of nitrogens with zero attached hydrogens (tertiary/aromatic N) is 3. The molecular formula is C17H17F2N5O2. The molecule has 2 aromatic rings. The van der Waals surface area contributed by atoms with Gasteiger partial charge in [0.15, 0.2) is 0 Å². The molecule has 0 unspecified atom stereocenters. The summed E-state index contributed by atoms with van der Waals surface area (Å²) in [4.78, 5) is 33.8. The quantitative estimate of drug-likeness (QED) is 0.875. The lowest BCUT2D eigenvalue weighted by molar-refractivity contribution is -0.122. The highest BCUT2D eigenvalue weighted by molar-refractivity contribution is 5.94. The number of anilines is 1. The van der Waals surface area contributed by atoms with Gasteiger partial charge in [0.05, 0.1) is 12.6 Å². The van der Waals surface area contributed by atoms with E-state index in [-0.39, 0.29) is 18.7 Å². The third-order valence-corrected chi connectivity index (χ3v) is 4.16. The van der Waals surface area contributed by atoms with Crippen LogP contribution in [-0.2, 0) is 11.3 Å². The molecule has 1 aromatic heterocycles. The fourth-order valence-electron chi connectivity index (χ4n) is 2.76. The first-order chi connectivity index (χ1) is 12.3. The molecule has 1 aromatic carbocycles. The Morgan fingerprint density at radius 3 is 2.88 bits per heavy atom. The highest BCUT2D eigenvalue weighted by Crippen LogP contribution is 2.22. The monoisotopic (exact) mass is 361 g/mol. The molecule has 26 heavy (non-hydrogen) atoms. The van der Waals surface area contributed by atoms with Gasteiger partial charge in [0, 0.05) is 22.9 Å². The van der Waals surface area contributed by atoms with E-state index < -0.39 is 29.6 Å². The number of urea groups is 1. The summed E-state index contributed by atoms with van der Waals surface area (Å²) in [5.41, 5.74) is 1.61. The fraction of sp³-hybridized carbons (Fsp3) is 0.294. The van der Waals surface area contributed by atoms with E-state index in [1.54, 1.807) is 13.8 Å². The normalized spacial score (nSPS) is 14.5. The third kappa shape index (κ3) is 3.61. The van der Waals surface area contributed by atoms with Gasteiger partial charge in [-0.2, -0.15) is 0 Å². The number of benzene rings is 1. The van der Waals surface area contributed by atoms with Gasteiger partial charge in [-0.15, -0.1) is 0 Å². The summed E-state index contributed by atoms with van der Waals surface area (Å²) in [5.74, 6) is -1.46. The maximum atomic E-state index is 13.8. The SMILES string of the molecule is Cc1ncnc2c1CN(CC(=O)N[C@@H](C)c1ccc(F)cc1F)C(=O)N2. The van der Waals surface area contributed by atoms with Crippen LogP contribution in [0.2, 0.25) is 0 Å². The lowest BCUT2D eigenvalue weighted by atomic mass is 10.1. The molecule has 0 saturated heterocycles. The number of aryl methyl sites for hydroxylation is 1. The Labute approximate surface area is 148 Å². The molecule has 0 fully saturated rings. The van der Waals surface area contributed by atoms with Crippen molar-refractivity contribution in [3.8, 4) is 0 Å². The lowest BCUT2D eigenvalue weighted by Gasteiger charge is -2.29. The Hall–Kier alpha value is -3.10. The summed E-state index contributed by atoms with van der Waals surface area (Å²) >= 11 is 0. The topological polar surface area (TPSA) is 87.2 Å². The van der Waals surface area contributed by atoms with E-state index in [0.29, 0.717) is 11.5 Å². The largest absolute Gasteiger partial charge is 0.348 e. The van der Waals surface area contributed by atoms with E-state index in [9.17, 15) is 18.4 Å². The van der Waals surface area contributed by atoms with Crippen molar-refractivity contribution in [1.29, 1.82) is 0 Å². The number of hydrogen-bond acceptors (Lipinski definition) is 4. The number of carbonyl (C=O) groups is 2. The highest BCUT2D eigenvalue weighted by Gasteiger charge is 2.27. The van der Waals surface area contributed by atoms with Gasteiger partial charge in [0.1, 0.15) is 30.3 Å². The van der Waals surface area contributed by atoms with Crippen LogP contribution < -0.4 is 10.6 Å². The van der Waals surface area contributed by atoms with E-state index in [0.717, 1.165) is 17.7 Å². The number of rotatable bonds is 4. The van der Waals surface area contributed by atoms with Gasteiger partial charge in [-0.3, -0.25) is 10.1 Å². The van der Waals surface area contributed by atoms with E-state index in [4.69, 9.17) is 0 Å². The number of carbonyl (C=O) groups excluding carboxylic acids is 2. The zero-order valence-electron chi connectivity index (χ0n) is 14.2. The second-order valence-corrected chi connectivity index (χ2v) is 6.03. The standard InChI is InChI=1S/C17H17F2N5O2/c1-9-13-6-24(17(26)23-16(13)21-8-20-9)7-15(25)22-10(2)12-4-3-11(18)5-14(12)19/h3-5,8,10H,6-7H2,1-2H3,(H,22,25)(H,20,21,23,26)/t10-/m0/s1. The number of halogens is 2. The predicted octanol–water partition coefficient (Wildman–Crippen LogP) is 2.29. The lowest BCUT2D eigenvalue weighted by Crippen LogP contribution is -2.45. The molecule has 0 aliphatic carbocycles. The molecule has 3 rings (SSSR count). The summed E-state index contributed by atoms with van der Waals surface area (Å²) in [7, 11) is 0. The first kappa shape index (κ1) is 17.7. The second kappa shape index (κ2) is 7.03. The number of aromatic nitrogens is 2. The molecule has 7 nitrogen and oxygen atoms in total. The van der Waals surface area contributed by atoms with Crippen LogP contribution in [0.3, 0.4) is 0 Å². The molecule has 0 bridgehead atoms. The van der Waals surface area contributed by atoms with Crippen LogP contribution in [0.25, 0.3) is 0 Å². The van der Waals surface area contributed by atoms with Gasteiger partial charge in [0.2, 0.25) is 5.91 Å². The first-order valence-electron chi connectivity index (χ1n) is 7.96. The van der Waals surface area contributed by atoms with E-state index in [1.807, 2.05) is 0 Å². The molecule has 0 saturated carbocycles. The van der Waals surface area contributed by atoms with Crippen molar-refractivity contribution in [1.82, 2.24) is 20.2 Å². The van der Waals surface area contributed by atoms with Crippen molar-refractivity contribution >= 4 is 17.8 Å². The average Bonchev–Trinajstić information content (AvgIpc) is 2.56. The van der Waals surface area contributed by atoms with E-state index >= 15 is 0 Å². The number of fused-ring (bicyclic) bond motifs is 1. The van der Waals surface area contributed by atoms with Gasteiger partial charge in [-0.05, 0) is 19.9 Å². The average molecular weight is 361 g/mol. The molecule has 1 atom stereocenters. The zero-order chi connectivity index (χ0) is 18.8. The molecule has 1 aliphatic rings. The Morgan fingerprint density at radius 2 is 2.15 bits per heavy atom. The van der Waals surface area contributed by atoms with Crippen molar-refractivity contribution in [2.24, 2.45) is 0 Å². The molecule has 0 radical (unpaired) electrons. The number of nitrogens with one attached hydrogen (secondary N) is 2. The minimum atomic E-state index is -0.741. The van der Waals surface area contributed by atoms with Crippen LogP contribution >= 0.6 is 0 Å². The molecular weight excluding hydrogens is 344 g/mol. The number of amides is 3. The summed E-state index contributed by atoms with van der Waals surface area (Å²) in [6.45, 7) is 3.35. The predicted molar refractivity (Wildman–Crippen MR) is 89.1 cm³/mol.